The van der Waals surface area contributed by atoms with Crippen molar-refractivity contribution in [3.05, 3.63) is 41.0 Å². The Morgan fingerprint density at radius 1 is 1.26 bits per heavy atom. The van der Waals surface area contributed by atoms with Gasteiger partial charge in [-0.05, 0) is 37.6 Å². The number of nitrogens with one attached hydrogen (secondary N) is 1. The summed E-state index contributed by atoms with van der Waals surface area (Å²) in [6, 6.07) is 2.87. The zero-order chi connectivity index (χ0) is 14.4. The number of allylic oxidation sites excluding steroid dienone is 1. The molecule has 0 radical (unpaired) electrons. The lowest BCUT2D eigenvalue weighted by Crippen LogP contribution is -2.22. The largest absolute Gasteiger partial charge is 0.483 e. The van der Waals surface area contributed by atoms with Crippen LogP contribution in [0.15, 0.2) is 23.8 Å². The van der Waals surface area contributed by atoms with E-state index in [9.17, 15) is 8.78 Å². The minimum atomic E-state index is -0.664. The van der Waals surface area contributed by atoms with Crippen LogP contribution in [0.4, 0.5) is 8.78 Å². The first-order valence-corrected chi connectivity index (χ1v) is 6.37. The SMILES string of the molecule is CC(C)=CCOc1c(F)cc(CNC(C)C)cc1F. The van der Waals surface area contributed by atoms with Gasteiger partial charge in [0, 0.05) is 12.6 Å². The molecule has 19 heavy (non-hydrogen) atoms. The third-order valence-electron chi connectivity index (χ3n) is 2.49. The molecule has 106 valence electrons. The molecule has 0 unspecified atom stereocenters. The Balaban J connectivity index is 2.76. The molecular weight excluding hydrogens is 248 g/mol. The van der Waals surface area contributed by atoms with E-state index in [0.717, 1.165) is 5.57 Å². The van der Waals surface area contributed by atoms with E-state index >= 15 is 0 Å². The number of hydrogen-bond donors (Lipinski definition) is 1. The van der Waals surface area contributed by atoms with E-state index < -0.39 is 11.6 Å². The standard InChI is InChI=1S/C15H21F2NO/c1-10(2)5-6-19-15-13(16)7-12(8-14(15)17)9-18-11(3)4/h5,7-8,11,18H,6,9H2,1-4H3. The van der Waals surface area contributed by atoms with E-state index in [1.807, 2.05) is 27.7 Å². The van der Waals surface area contributed by atoms with Crippen LogP contribution in [0.25, 0.3) is 0 Å². The normalized spacial score (nSPS) is 10.7. The highest BCUT2D eigenvalue weighted by Crippen LogP contribution is 2.23. The van der Waals surface area contributed by atoms with Crippen molar-refractivity contribution in [1.82, 2.24) is 5.32 Å². The molecule has 1 rings (SSSR count). The molecule has 0 aromatic heterocycles. The fourth-order valence-electron chi connectivity index (χ4n) is 1.47. The second kappa shape index (κ2) is 7.24. The van der Waals surface area contributed by atoms with Crippen LogP contribution >= 0.6 is 0 Å². The van der Waals surface area contributed by atoms with E-state index in [2.05, 4.69) is 5.32 Å². The molecule has 2 nitrogen and oxygen atoms in total. The quantitative estimate of drug-likeness (QED) is 0.793. The van der Waals surface area contributed by atoms with Crippen LogP contribution < -0.4 is 10.1 Å². The highest BCUT2D eigenvalue weighted by atomic mass is 19.1. The first kappa shape index (κ1) is 15.6. The summed E-state index contributed by atoms with van der Waals surface area (Å²) in [7, 11) is 0. The molecule has 0 spiro atoms. The molecule has 0 atom stereocenters. The zero-order valence-corrected chi connectivity index (χ0v) is 11.9. The summed E-state index contributed by atoms with van der Waals surface area (Å²) in [5.74, 6) is -1.64. The summed E-state index contributed by atoms with van der Waals surface area (Å²) in [6.07, 6.45) is 1.77. The van der Waals surface area contributed by atoms with Gasteiger partial charge in [-0.25, -0.2) is 8.78 Å². The minimum Gasteiger partial charge on any atom is -0.483 e. The molecular formula is C15H21F2NO. The highest BCUT2D eigenvalue weighted by Gasteiger charge is 2.12. The van der Waals surface area contributed by atoms with Gasteiger partial charge >= 0.3 is 0 Å². The molecule has 1 aromatic rings. The maximum Gasteiger partial charge on any atom is 0.191 e. The Morgan fingerprint density at radius 3 is 2.32 bits per heavy atom. The Bertz CT molecular complexity index is 428. The van der Waals surface area contributed by atoms with E-state index in [1.165, 1.54) is 12.1 Å². The molecule has 0 amide bonds. The number of hydrogen-bond acceptors (Lipinski definition) is 2. The van der Waals surface area contributed by atoms with Crippen LogP contribution in [0.3, 0.4) is 0 Å². The lowest BCUT2D eigenvalue weighted by Gasteiger charge is -2.11. The smallest absolute Gasteiger partial charge is 0.191 e. The van der Waals surface area contributed by atoms with Crippen molar-refractivity contribution < 1.29 is 13.5 Å². The Kier molecular flexibility index (Phi) is 5.96. The van der Waals surface area contributed by atoms with Crippen molar-refractivity contribution in [2.45, 2.75) is 40.3 Å². The summed E-state index contributed by atoms with van der Waals surface area (Å²) in [6.45, 7) is 8.35. The Hall–Kier alpha value is -1.42. The van der Waals surface area contributed by atoms with Crippen molar-refractivity contribution in [2.75, 3.05) is 6.61 Å². The summed E-state index contributed by atoms with van der Waals surface area (Å²) in [5, 5.41) is 3.11. The van der Waals surface area contributed by atoms with Crippen LogP contribution in [-0.4, -0.2) is 12.6 Å². The summed E-state index contributed by atoms with van der Waals surface area (Å²) in [5.41, 5.74) is 1.61. The lowest BCUT2D eigenvalue weighted by atomic mass is 10.2. The van der Waals surface area contributed by atoms with E-state index in [-0.39, 0.29) is 18.4 Å². The predicted molar refractivity (Wildman–Crippen MR) is 73.3 cm³/mol. The second-order valence-electron chi connectivity index (χ2n) is 5.02. The van der Waals surface area contributed by atoms with Crippen LogP contribution in [0.2, 0.25) is 0 Å². The minimum absolute atomic E-state index is 0.166. The summed E-state index contributed by atoms with van der Waals surface area (Å²) in [4.78, 5) is 0. The number of halogens is 2. The zero-order valence-electron chi connectivity index (χ0n) is 11.9. The number of rotatable bonds is 6. The summed E-state index contributed by atoms with van der Waals surface area (Å²) < 4.78 is 32.6. The Morgan fingerprint density at radius 2 is 1.84 bits per heavy atom. The molecule has 4 heteroatoms. The predicted octanol–water partition coefficient (Wildman–Crippen LogP) is 3.81. The second-order valence-corrected chi connectivity index (χ2v) is 5.02. The van der Waals surface area contributed by atoms with Gasteiger partial charge in [-0.1, -0.05) is 19.4 Å². The monoisotopic (exact) mass is 269 g/mol. The van der Waals surface area contributed by atoms with E-state index in [4.69, 9.17) is 4.74 Å². The van der Waals surface area contributed by atoms with Crippen molar-refractivity contribution in [3.8, 4) is 5.75 Å². The number of ether oxygens (including phenoxy) is 1. The fraction of sp³-hybridized carbons (Fsp3) is 0.467. The first-order valence-electron chi connectivity index (χ1n) is 6.37. The molecule has 0 heterocycles. The fourth-order valence-corrected chi connectivity index (χ4v) is 1.47. The van der Waals surface area contributed by atoms with Gasteiger partial charge in [0.2, 0.25) is 0 Å². The summed E-state index contributed by atoms with van der Waals surface area (Å²) >= 11 is 0. The first-order chi connectivity index (χ1) is 8.90. The van der Waals surface area contributed by atoms with Crippen molar-refractivity contribution in [2.24, 2.45) is 0 Å². The Labute approximate surface area is 113 Å². The molecule has 1 N–H and O–H groups in total. The van der Waals surface area contributed by atoms with Crippen LogP contribution in [-0.2, 0) is 6.54 Å². The maximum atomic E-state index is 13.7. The van der Waals surface area contributed by atoms with Gasteiger partial charge in [0.1, 0.15) is 6.61 Å². The maximum absolute atomic E-state index is 13.7. The molecule has 0 saturated heterocycles. The van der Waals surface area contributed by atoms with Gasteiger partial charge in [-0.2, -0.15) is 0 Å². The van der Waals surface area contributed by atoms with Gasteiger partial charge in [-0.3, -0.25) is 0 Å². The molecule has 0 bridgehead atoms. The molecule has 1 aromatic carbocycles. The molecule has 0 fully saturated rings. The van der Waals surface area contributed by atoms with Crippen molar-refractivity contribution in [1.29, 1.82) is 0 Å². The van der Waals surface area contributed by atoms with E-state index in [0.29, 0.717) is 12.1 Å². The van der Waals surface area contributed by atoms with Crippen LogP contribution in [0.5, 0.6) is 5.75 Å². The van der Waals surface area contributed by atoms with Crippen LogP contribution in [0.1, 0.15) is 33.3 Å². The van der Waals surface area contributed by atoms with E-state index in [1.54, 1.807) is 6.08 Å². The molecule has 0 aliphatic rings. The van der Waals surface area contributed by atoms with Gasteiger partial charge < -0.3 is 10.1 Å². The molecule has 0 saturated carbocycles. The van der Waals surface area contributed by atoms with Gasteiger partial charge in [-0.15, -0.1) is 0 Å². The number of benzene rings is 1. The van der Waals surface area contributed by atoms with Gasteiger partial charge in [0.25, 0.3) is 0 Å². The highest BCUT2D eigenvalue weighted by molar-refractivity contribution is 5.31. The topological polar surface area (TPSA) is 21.3 Å². The average Bonchev–Trinajstić information content (AvgIpc) is 2.29. The third kappa shape index (κ3) is 5.39. The molecule has 0 aliphatic carbocycles. The molecule has 0 aliphatic heterocycles. The van der Waals surface area contributed by atoms with Gasteiger partial charge in [0.15, 0.2) is 17.4 Å². The lowest BCUT2D eigenvalue weighted by molar-refractivity contribution is 0.319. The van der Waals surface area contributed by atoms with Crippen molar-refractivity contribution in [3.63, 3.8) is 0 Å². The van der Waals surface area contributed by atoms with Gasteiger partial charge in [0.05, 0.1) is 0 Å². The average molecular weight is 269 g/mol. The van der Waals surface area contributed by atoms with Crippen molar-refractivity contribution >= 4 is 0 Å². The third-order valence-corrected chi connectivity index (χ3v) is 2.49. The van der Waals surface area contributed by atoms with Crippen LogP contribution in [0, 0.1) is 11.6 Å².